The fourth-order valence-corrected chi connectivity index (χ4v) is 2.88. The number of nitrogens with zero attached hydrogens (tertiary/aromatic N) is 3. The van der Waals surface area contributed by atoms with Gasteiger partial charge in [0.15, 0.2) is 0 Å². The van der Waals surface area contributed by atoms with E-state index >= 15 is 0 Å². The fourth-order valence-electron chi connectivity index (χ4n) is 2.88. The summed E-state index contributed by atoms with van der Waals surface area (Å²) in [5.74, 6) is 2.05. The lowest BCUT2D eigenvalue weighted by Gasteiger charge is -2.10. The number of ether oxygens (including phenoxy) is 1. The molecular formula is C18H18N3O+. The number of fused-ring (bicyclic) bond motifs is 1. The zero-order valence-electron chi connectivity index (χ0n) is 12.3. The van der Waals surface area contributed by atoms with Crippen LogP contribution >= 0.6 is 0 Å². The molecule has 0 bridgehead atoms. The molecule has 0 saturated heterocycles. The molecule has 4 nitrogen and oxygen atoms in total. The Morgan fingerprint density at radius 1 is 1.05 bits per heavy atom. The minimum absolute atomic E-state index is 0.354. The lowest BCUT2D eigenvalue weighted by molar-refractivity contribution is -0.717. The summed E-state index contributed by atoms with van der Waals surface area (Å²) in [5.41, 5.74) is 1.09. The average molecular weight is 292 g/mol. The number of aromatic nitrogens is 3. The van der Waals surface area contributed by atoms with Crippen molar-refractivity contribution in [2.45, 2.75) is 18.9 Å². The maximum atomic E-state index is 5.90. The van der Waals surface area contributed by atoms with E-state index in [2.05, 4.69) is 23.0 Å². The molecule has 0 aliphatic carbocycles. The maximum absolute atomic E-state index is 5.90. The van der Waals surface area contributed by atoms with Gasteiger partial charge in [-0.25, -0.2) is 4.57 Å². The monoisotopic (exact) mass is 292 g/mol. The molecule has 3 aromatic rings. The van der Waals surface area contributed by atoms with Crippen LogP contribution in [-0.4, -0.2) is 16.4 Å². The molecule has 1 aromatic heterocycles. The second-order valence-corrected chi connectivity index (χ2v) is 5.54. The molecule has 1 atom stereocenters. The van der Waals surface area contributed by atoms with Crippen molar-refractivity contribution < 1.29 is 9.30 Å². The molecule has 22 heavy (non-hydrogen) atoms. The van der Waals surface area contributed by atoms with E-state index in [9.17, 15) is 0 Å². The summed E-state index contributed by atoms with van der Waals surface area (Å²) in [5, 5.41) is 4.69. The van der Waals surface area contributed by atoms with E-state index in [0.717, 1.165) is 30.1 Å². The second-order valence-electron chi connectivity index (χ2n) is 5.54. The average Bonchev–Trinajstić information content (AvgIpc) is 3.16. The third-order valence-electron chi connectivity index (χ3n) is 4.06. The predicted octanol–water partition coefficient (Wildman–Crippen LogP) is 2.73. The third kappa shape index (κ3) is 2.48. The number of rotatable bonds is 4. The molecule has 0 N–H and O–H groups in total. The summed E-state index contributed by atoms with van der Waals surface area (Å²) in [6.45, 7) is 0.683. The highest BCUT2D eigenvalue weighted by atomic mass is 16.5. The Labute approximate surface area is 129 Å². The van der Waals surface area contributed by atoms with E-state index < -0.39 is 0 Å². The topological polar surface area (TPSA) is 30.9 Å². The van der Waals surface area contributed by atoms with Gasteiger partial charge in [0, 0.05) is 11.5 Å². The van der Waals surface area contributed by atoms with Gasteiger partial charge in [0.1, 0.15) is 24.1 Å². The molecule has 0 radical (unpaired) electrons. The van der Waals surface area contributed by atoms with Gasteiger partial charge in [-0.1, -0.05) is 41.1 Å². The Balaban J connectivity index is 1.51. The molecule has 0 unspecified atom stereocenters. The Morgan fingerprint density at radius 3 is 2.55 bits per heavy atom. The van der Waals surface area contributed by atoms with E-state index in [1.807, 2.05) is 53.2 Å². The van der Waals surface area contributed by atoms with Gasteiger partial charge < -0.3 is 4.74 Å². The van der Waals surface area contributed by atoms with E-state index in [-0.39, 0.29) is 0 Å². The first-order valence-corrected chi connectivity index (χ1v) is 7.63. The smallest absolute Gasteiger partial charge is 0.278 e. The first kappa shape index (κ1) is 13.1. The van der Waals surface area contributed by atoms with Crippen molar-refractivity contribution in [3.8, 4) is 11.4 Å². The highest BCUT2D eigenvalue weighted by Crippen LogP contribution is 2.19. The summed E-state index contributed by atoms with van der Waals surface area (Å²) in [6, 6.07) is 20.5. The van der Waals surface area contributed by atoms with E-state index in [1.54, 1.807) is 0 Å². The largest absolute Gasteiger partial charge is 0.490 e. The number of aryl methyl sites for hydroxylation is 1. The maximum Gasteiger partial charge on any atom is 0.278 e. The van der Waals surface area contributed by atoms with Crippen molar-refractivity contribution in [2.75, 3.05) is 6.61 Å². The summed E-state index contributed by atoms with van der Waals surface area (Å²) < 4.78 is 10.1. The van der Waals surface area contributed by atoms with Crippen molar-refractivity contribution in [3.63, 3.8) is 0 Å². The third-order valence-corrected chi connectivity index (χ3v) is 4.06. The van der Waals surface area contributed by atoms with Gasteiger partial charge >= 0.3 is 0 Å². The van der Waals surface area contributed by atoms with Gasteiger partial charge in [-0.05, 0) is 30.7 Å². The minimum atomic E-state index is 0.354. The second kappa shape index (κ2) is 5.64. The highest BCUT2D eigenvalue weighted by Gasteiger charge is 2.32. The van der Waals surface area contributed by atoms with Crippen molar-refractivity contribution in [2.24, 2.45) is 0 Å². The van der Waals surface area contributed by atoms with E-state index in [1.165, 1.54) is 0 Å². The molecule has 1 aliphatic heterocycles. The van der Waals surface area contributed by atoms with Gasteiger partial charge in [-0.15, -0.1) is 0 Å². The van der Waals surface area contributed by atoms with Crippen LogP contribution in [0.25, 0.3) is 5.69 Å². The van der Waals surface area contributed by atoms with Crippen molar-refractivity contribution in [3.05, 3.63) is 72.8 Å². The molecular weight excluding hydrogens is 274 g/mol. The van der Waals surface area contributed by atoms with Crippen LogP contribution in [0.1, 0.15) is 18.3 Å². The number of hydrogen-bond acceptors (Lipinski definition) is 2. The first-order valence-electron chi connectivity index (χ1n) is 7.63. The van der Waals surface area contributed by atoms with Crippen LogP contribution in [0.3, 0.4) is 0 Å². The van der Waals surface area contributed by atoms with Crippen LogP contribution in [-0.2, 0) is 6.42 Å². The summed E-state index contributed by atoms with van der Waals surface area (Å²) >= 11 is 0. The molecule has 2 heterocycles. The molecule has 2 aromatic carbocycles. The van der Waals surface area contributed by atoms with Crippen molar-refractivity contribution in [1.82, 2.24) is 9.78 Å². The zero-order chi connectivity index (χ0) is 14.8. The molecule has 0 amide bonds. The van der Waals surface area contributed by atoms with Gasteiger partial charge in [-0.2, -0.15) is 0 Å². The first-order chi connectivity index (χ1) is 10.9. The standard InChI is InChI=1S/C18H18N3O/c1-3-7-15(8-4-1)21-14-20-16(11-12-18(20)19-21)13-22-17-9-5-2-6-10-17/h1-10,14,16H,11-13H2/q+1/t16-/m0/s1. The van der Waals surface area contributed by atoms with Gasteiger partial charge in [-0.3, -0.25) is 0 Å². The lowest BCUT2D eigenvalue weighted by atomic mass is 10.2. The quantitative estimate of drug-likeness (QED) is 0.692. The molecule has 0 fully saturated rings. The van der Waals surface area contributed by atoms with Gasteiger partial charge in [0.05, 0.1) is 0 Å². The summed E-state index contributed by atoms with van der Waals surface area (Å²) in [4.78, 5) is 0. The van der Waals surface area contributed by atoms with Crippen molar-refractivity contribution >= 4 is 0 Å². The SMILES string of the molecule is c1ccc(OC[C@@H]2CCc3nn(-c4ccccc4)c[n+]32)cc1. The van der Waals surface area contributed by atoms with Crippen LogP contribution in [0.5, 0.6) is 5.75 Å². The van der Waals surface area contributed by atoms with Gasteiger partial charge in [0.2, 0.25) is 6.33 Å². The van der Waals surface area contributed by atoms with Crippen LogP contribution < -0.4 is 9.30 Å². The Hall–Kier alpha value is -2.62. The van der Waals surface area contributed by atoms with Crippen LogP contribution in [0.2, 0.25) is 0 Å². The number of hydrogen-bond donors (Lipinski definition) is 0. The number of para-hydroxylation sites is 2. The zero-order valence-corrected chi connectivity index (χ0v) is 12.3. The molecule has 4 heteroatoms. The normalized spacial score (nSPS) is 16.5. The number of benzene rings is 2. The minimum Gasteiger partial charge on any atom is -0.490 e. The molecule has 110 valence electrons. The van der Waals surface area contributed by atoms with E-state index in [0.29, 0.717) is 12.6 Å². The molecule has 0 spiro atoms. The van der Waals surface area contributed by atoms with Gasteiger partial charge in [0.25, 0.3) is 5.82 Å². The van der Waals surface area contributed by atoms with E-state index in [4.69, 9.17) is 9.84 Å². The fraction of sp³-hybridized carbons (Fsp3) is 0.222. The Kier molecular flexibility index (Phi) is 3.35. The Bertz CT molecular complexity index is 753. The summed E-state index contributed by atoms with van der Waals surface area (Å²) in [7, 11) is 0. The molecule has 1 aliphatic rings. The molecule has 0 saturated carbocycles. The molecule has 4 rings (SSSR count). The highest BCUT2D eigenvalue weighted by molar-refractivity contribution is 5.29. The predicted molar refractivity (Wildman–Crippen MR) is 83.1 cm³/mol. The lowest BCUT2D eigenvalue weighted by Crippen LogP contribution is -2.39. The van der Waals surface area contributed by atoms with Crippen LogP contribution in [0.15, 0.2) is 67.0 Å². The van der Waals surface area contributed by atoms with Crippen LogP contribution in [0.4, 0.5) is 0 Å². The van der Waals surface area contributed by atoms with Crippen LogP contribution in [0, 0.1) is 0 Å². The Morgan fingerprint density at radius 2 is 1.77 bits per heavy atom. The van der Waals surface area contributed by atoms with Crippen molar-refractivity contribution in [1.29, 1.82) is 0 Å². The summed E-state index contributed by atoms with van der Waals surface area (Å²) in [6.07, 6.45) is 4.17.